The molecule has 2 aromatic rings. The highest BCUT2D eigenvalue weighted by atomic mass is 16.2. The van der Waals surface area contributed by atoms with Gasteiger partial charge >= 0.3 is 0 Å². The first-order valence-electron chi connectivity index (χ1n) is 8.90. The number of unbranched alkanes of at least 4 members (excludes halogenated alkanes) is 1. The lowest BCUT2D eigenvalue weighted by Gasteiger charge is -2.25. The molecule has 4 nitrogen and oxygen atoms in total. The van der Waals surface area contributed by atoms with Crippen molar-refractivity contribution in [2.75, 3.05) is 18.0 Å². The van der Waals surface area contributed by atoms with Crippen LogP contribution in [-0.4, -0.2) is 30.8 Å². The number of benzodiazepines with no additional fused rings is 1. The third-order valence-corrected chi connectivity index (χ3v) is 4.59. The molecule has 25 heavy (non-hydrogen) atoms. The van der Waals surface area contributed by atoms with Crippen molar-refractivity contribution in [1.82, 2.24) is 0 Å². The molecule has 0 fully saturated rings. The Morgan fingerprint density at radius 3 is 2.52 bits per heavy atom. The topological polar surface area (TPSA) is 58.7 Å². The maximum atomic E-state index is 13.2. The van der Waals surface area contributed by atoms with Gasteiger partial charge in [-0.25, -0.2) is 0 Å². The fourth-order valence-corrected chi connectivity index (χ4v) is 3.29. The molecule has 4 heteroatoms. The monoisotopic (exact) mass is 335 g/mol. The second-order valence-corrected chi connectivity index (χ2v) is 6.42. The number of benzene rings is 2. The van der Waals surface area contributed by atoms with Crippen molar-refractivity contribution in [3.8, 4) is 0 Å². The SMILES string of the molecule is CC1=NC(Cc2ccccc2)C(=O)N(CCCCN)c2ccccc21. The van der Waals surface area contributed by atoms with Gasteiger partial charge in [-0.2, -0.15) is 0 Å². The van der Waals surface area contributed by atoms with E-state index < -0.39 is 0 Å². The van der Waals surface area contributed by atoms with E-state index in [9.17, 15) is 4.79 Å². The molecule has 3 rings (SSSR count). The average Bonchev–Trinajstić information content (AvgIpc) is 2.73. The highest BCUT2D eigenvalue weighted by molar-refractivity contribution is 6.11. The zero-order chi connectivity index (χ0) is 17.6. The summed E-state index contributed by atoms with van der Waals surface area (Å²) in [5.41, 5.74) is 9.68. The first-order chi connectivity index (χ1) is 12.2. The molecular formula is C21H25N3O. The third-order valence-electron chi connectivity index (χ3n) is 4.59. The van der Waals surface area contributed by atoms with Crippen molar-refractivity contribution in [2.24, 2.45) is 10.7 Å². The van der Waals surface area contributed by atoms with Gasteiger partial charge in [0.2, 0.25) is 0 Å². The molecular weight excluding hydrogens is 310 g/mol. The van der Waals surface area contributed by atoms with E-state index in [0.717, 1.165) is 35.4 Å². The Morgan fingerprint density at radius 1 is 1.04 bits per heavy atom. The molecule has 0 aliphatic carbocycles. The second-order valence-electron chi connectivity index (χ2n) is 6.42. The first-order valence-corrected chi connectivity index (χ1v) is 8.90. The summed E-state index contributed by atoms with van der Waals surface area (Å²) in [4.78, 5) is 19.9. The smallest absolute Gasteiger partial charge is 0.252 e. The van der Waals surface area contributed by atoms with E-state index in [1.54, 1.807) is 0 Å². The molecule has 2 aromatic carbocycles. The number of hydrogen-bond donors (Lipinski definition) is 1. The summed E-state index contributed by atoms with van der Waals surface area (Å²) in [6, 6.07) is 17.7. The Hall–Kier alpha value is -2.46. The maximum absolute atomic E-state index is 13.2. The van der Waals surface area contributed by atoms with Crippen molar-refractivity contribution >= 4 is 17.3 Å². The Bertz CT molecular complexity index is 755. The lowest BCUT2D eigenvalue weighted by Crippen LogP contribution is -2.39. The van der Waals surface area contributed by atoms with E-state index in [1.165, 1.54) is 0 Å². The van der Waals surface area contributed by atoms with Gasteiger partial charge < -0.3 is 10.6 Å². The summed E-state index contributed by atoms with van der Waals surface area (Å²) in [6.45, 7) is 3.32. The van der Waals surface area contributed by atoms with Gasteiger partial charge in [0.25, 0.3) is 5.91 Å². The summed E-state index contributed by atoms with van der Waals surface area (Å²) in [5, 5.41) is 0. The number of amides is 1. The van der Waals surface area contributed by atoms with Crippen LogP contribution in [0.2, 0.25) is 0 Å². The van der Waals surface area contributed by atoms with Crippen LogP contribution in [0.25, 0.3) is 0 Å². The first kappa shape index (κ1) is 17.4. The molecule has 0 saturated heterocycles. The number of hydrogen-bond acceptors (Lipinski definition) is 3. The van der Waals surface area contributed by atoms with Crippen LogP contribution in [-0.2, 0) is 11.2 Å². The number of nitrogens with two attached hydrogens (primary N) is 1. The van der Waals surface area contributed by atoms with Gasteiger partial charge in [-0.05, 0) is 37.9 Å². The predicted molar refractivity (Wildman–Crippen MR) is 103 cm³/mol. The summed E-state index contributed by atoms with van der Waals surface area (Å²) in [6.07, 6.45) is 2.43. The van der Waals surface area contributed by atoms with Gasteiger partial charge in [0.05, 0.1) is 5.69 Å². The van der Waals surface area contributed by atoms with E-state index in [0.29, 0.717) is 19.5 Å². The minimum absolute atomic E-state index is 0.0742. The Balaban J connectivity index is 1.93. The normalized spacial score (nSPS) is 17.0. The second kappa shape index (κ2) is 8.08. The van der Waals surface area contributed by atoms with Crippen molar-refractivity contribution in [1.29, 1.82) is 0 Å². The van der Waals surface area contributed by atoms with Crippen molar-refractivity contribution in [3.05, 3.63) is 65.7 Å². The zero-order valence-corrected chi connectivity index (χ0v) is 14.7. The van der Waals surface area contributed by atoms with Crippen LogP contribution < -0.4 is 10.6 Å². The van der Waals surface area contributed by atoms with Crippen LogP contribution in [0.5, 0.6) is 0 Å². The molecule has 1 heterocycles. The number of carbonyl (C=O) groups is 1. The lowest BCUT2D eigenvalue weighted by molar-refractivity contribution is -0.119. The molecule has 1 amide bonds. The van der Waals surface area contributed by atoms with Crippen molar-refractivity contribution < 1.29 is 4.79 Å². The van der Waals surface area contributed by atoms with Crippen LogP contribution in [0.3, 0.4) is 0 Å². The standard InChI is InChI=1S/C21H25N3O/c1-16-18-11-5-6-12-20(18)24(14-8-7-13-22)21(25)19(23-16)15-17-9-3-2-4-10-17/h2-6,9-12,19H,7-8,13-15,22H2,1H3. The van der Waals surface area contributed by atoms with E-state index in [1.807, 2.05) is 54.3 Å². The molecule has 1 atom stereocenters. The number of anilines is 1. The molecule has 0 radical (unpaired) electrons. The molecule has 0 bridgehead atoms. The van der Waals surface area contributed by atoms with Gasteiger partial charge in [-0.15, -0.1) is 0 Å². The number of rotatable bonds is 6. The summed E-state index contributed by atoms with van der Waals surface area (Å²) in [7, 11) is 0. The van der Waals surface area contributed by atoms with Crippen LogP contribution in [0, 0.1) is 0 Å². The number of aliphatic imine (C=N–C) groups is 1. The van der Waals surface area contributed by atoms with Crippen LogP contribution in [0.1, 0.15) is 30.9 Å². The fraction of sp³-hybridized carbons (Fsp3) is 0.333. The van der Waals surface area contributed by atoms with Crippen LogP contribution >= 0.6 is 0 Å². The largest absolute Gasteiger partial charge is 0.330 e. The summed E-state index contributed by atoms with van der Waals surface area (Å²) in [5.74, 6) is 0.0742. The third kappa shape index (κ3) is 3.97. The predicted octanol–water partition coefficient (Wildman–Crippen LogP) is 3.19. The van der Waals surface area contributed by atoms with E-state index in [4.69, 9.17) is 10.7 Å². The van der Waals surface area contributed by atoms with E-state index in [-0.39, 0.29) is 11.9 Å². The van der Waals surface area contributed by atoms with Crippen molar-refractivity contribution in [3.63, 3.8) is 0 Å². The molecule has 1 aliphatic rings. The number of para-hydroxylation sites is 1. The Morgan fingerprint density at radius 2 is 1.76 bits per heavy atom. The highest BCUT2D eigenvalue weighted by Crippen LogP contribution is 2.27. The van der Waals surface area contributed by atoms with E-state index in [2.05, 4.69) is 12.1 Å². The van der Waals surface area contributed by atoms with Crippen molar-refractivity contribution in [2.45, 2.75) is 32.2 Å². The quantitative estimate of drug-likeness (QED) is 0.824. The van der Waals surface area contributed by atoms with Gasteiger partial charge in [-0.1, -0.05) is 48.5 Å². The molecule has 1 unspecified atom stereocenters. The fourth-order valence-electron chi connectivity index (χ4n) is 3.29. The molecule has 0 saturated carbocycles. The number of nitrogens with zero attached hydrogens (tertiary/aromatic N) is 2. The molecule has 2 N–H and O–H groups in total. The Labute approximate surface area is 149 Å². The molecule has 0 aromatic heterocycles. The number of fused-ring (bicyclic) bond motifs is 1. The van der Waals surface area contributed by atoms with Gasteiger partial charge in [-0.3, -0.25) is 9.79 Å². The average molecular weight is 335 g/mol. The molecule has 0 spiro atoms. The minimum atomic E-state index is -0.382. The van der Waals surface area contributed by atoms with Crippen LogP contribution in [0.15, 0.2) is 59.6 Å². The Kier molecular flexibility index (Phi) is 5.61. The van der Waals surface area contributed by atoms with E-state index >= 15 is 0 Å². The highest BCUT2D eigenvalue weighted by Gasteiger charge is 2.30. The molecule has 130 valence electrons. The summed E-state index contributed by atoms with van der Waals surface area (Å²) >= 11 is 0. The number of carbonyl (C=O) groups excluding carboxylic acids is 1. The molecule has 1 aliphatic heterocycles. The summed E-state index contributed by atoms with van der Waals surface area (Å²) < 4.78 is 0. The lowest BCUT2D eigenvalue weighted by atomic mass is 10.0. The zero-order valence-electron chi connectivity index (χ0n) is 14.7. The van der Waals surface area contributed by atoms with Gasteiger partial charge in [0.1, 0.15) is 6.04 Å². The maximum Gasteiger partial charge on any atom is 0.252 e. The van der Waals surface area contributed by atoms with Crippen LogP contribution in [0.4, 0.5) is 5.69 Å². The van der Waals surface area contributed by atoms with Gasteiger partial charge in [0.15, 0.2) is 0 Å². The minimum Gasteiger partial charge on any atom is -0.330 e. The van der Waals surface area contributed by atoms with Gasteiger partial charge in [0, 0.05) is 24.2 Å².